The normalized spacial score (nSPS) is 17.5. The van der Waals surface area contributed by atoms with Crippen molar-refractivity contribution in [1.82, 2.24) is 39.6 Å². The molecule has 5 heterocycles. The minimum Gasteiger partial charge on any atom is -0.379 e. The van der Waals surface area contributed by atoms with Crippen molar-refractivity contribution in [1.29, 1.82) is 0 Å². The smallest absolute Gasteiger partial charge is 0.228 e. The average Bonchev–Trinajstić information content (AvgIpc) is 3.72. The summed E-state index contributed by atoms with van der Waals surface area (Å²) in [6.07, 6.45) is 3.53. The first-order valence-corrected chi connectivity index (χ1v) is 16.4. The summed E-state index contributed by atoms with van der Waals surface area (Å²) >= 11 is 0. The predicted octanol–water partition coefficient (Wildman–Crippen LogP) is 4.45. The number of hydrogen-bond donors (Lipinski definition) is 2. The number of fused-ring (bicyclic) bond motifs is 1. The molecule has 3 fully saturated rings. The molecule has 0 radical (unpaired) electrons. The van der Waals surface area contributed by atoms with E-state index in [0.717, 1.165) is 104 Å². The first-order valence-electron chi connectivity index (χ1n) is 16.4. The number of benzene rings is 2. The lowest BCUT2D eigenvalue weighted by molar-refractivity contribution is 0.0381. The fraction of sp³-hybridized carbons (Fsp3) is 0.441. The van der Waals surface area contributed by atoms with Crippen LogP contribution in [-0.4, -0.2) is 98.8 Å². The van der Waals surface area contributed by atoms with Crippen LogP contribution in [0.5, 0.6) is 0 Å². The Bertz CT molecular complexity index is 1800. The summed E-state index contributed by atoms with van der Waals surface area (Å²) in [6, 6.07) is 16.7. The van der Waals surface area contributed by atoms with Gasteiger partial charge in [-0.2, -0.15) is 10.1 Å². The molecule has 3 aromatic heterocycles. The first-order chi connectivity index (χ1) is 22.6. The highest BCUT2D eigenvalue weighted by molar-refractivity contribution is 5.83. The summed E-state index contributed by atoms with van der Waals surface area (Å²) in [5.74, 6) is 4.83. The highest BCUT2D eigenvalue weighted by Crippen LogP contribution is 2.34. The van der Waals surface area contributed by atoms with E-state index in [1.165, 1.54) is 24.2 Å². The fourth-order valence-corrected chi connectivity index (χ4v) is 6.24. The molecular weight excluding hydrogens is 580 g/mol. The van der Waals surface area contributed by atoms with Gasteiger partial charge in [0.1, 0.15) is 17.5 Å². The molecule has 2 aliphatic heterocycles. The molecule has 5 aromatic rings. The van der Waals surface area contributed by atoms with Crippen LogP contribution in [0.25, 0.3) is 33.7 Å². The van der Waals surface area contributed by atoms with Gasteiger partial charge in [0.05, 0.1) is 43.2 Å². The van der Waals surface area contributed by atoms with Crippen LogP contribution in [0.4, 0.5) is 17.5 Å². The Balaban J connectivity index is 1.11. The molecule has 0 atom stereocenters. The quantitative estimate of drug-likeness (QED) is 0.232. The van der Waals surface area contributed by atoms with Gasteiger partial charge in [-0.1, -0.05) is 6.07 Å². The van der Waals surface area contributed by atoms with Gasteiger partial charge in [-0.05, 0) is 62.1 Å². The van der Waals surface area contributed by atoms with Crippen molar-refractivity contribution in [3.05, 3.63) is 60.2 Å². The maximum absolute atomic E-state index is 5.63. The first kappa shape index (κ1) is 29.0. The highest BCUT2D eigenvalue weighted by Gasteiger charge is 2.25. The third-order valence-corrected chi connectivity index (χ3v) is 9.04. The largest absolute Gasteiger partial charge is 0.379 e. The van der Waals surface area contributed by atoms with Crippen LogP contribution in [0.1, 0.15) is 24.5 Å². The van der Waals surface area contributed by atoms with Gasteiger partial charge in [-0.15, -0.1) is 0 Å². The lowest BCUT2D eigenvalue weighted by Gasteiger charge is -2.27. The SMILES string of the molecule is Cc1nc(-c2ccc(Nc3cc(-c4ccc5nc(CCN6CCOCC6)n(CC6CC6)c5c4)nc(N4CCOCC4)n3)cc2)n[nH]1. The molecule has 8 rings (SSSR count). The van der Waals surface area contributed by atoms with Gasteiger partial charge >= 0.3 is 0 Å². The zero-order valence-electron chi connectivity index (χ0n) is 26.3. The number of rotatable bonds is 10. The third kappa shape index (κ3) is 6.46. The van der Waals surface area contributed by atoms with E-state index in [0.29, 0.717) is 25.0 Å². The molecule has 3 aliphatic rings. The van der Waals surface area contributed by atoms with Crippen molar-refractivity contribution in [2.24, 2.45) is 5.92 Å². The summed E-state index contributed by atoms with van der Waals surface area (Å²) < 4.78 is 13.7. The van der Waals surface area contributed by atoms with Crippen molar-refractivity contribution in [2.75, 3.05) is 69.4 Å². The van der Waals surface area contributed by atoms with E-state index in [1.54, 1.807) is 0 Å². The van der Waals surface area contributed by atoms with Crippen LogP contribution in [0.2, 0.25) is 0 Å². The molecule has 46 heavy (non-hydrogen) atoms. The molecule has 12 nitrogen and oxygen atoms in total. The van der Waals surface area contributed by atoms with Gasteiger partial charge in [-0.3, -0.25) is 10.00 Å². The van der Waals surface area contributed by atoms with Gasteiger partial charge in [0, 0.05) is 68.6 Å². The van der Waals surface area contributed by atoms with E-state index < -0.39 is 0 Å². The summed E-state index contributed by atoms with van der Waals surface area (Å²) in [5.41, 5.74) is 6.04. The minimum atomic E-state index is 0.665. The zero-order valence-corrected chi connectivity index (χ0v) is 26.3. The van der Waals surface area contributed by atoms with Gasteiger partial charge in [-0.25, -0.2) is 15.0 Å². The average molecular weight is 621 g/mol. The van der Waals surface area contributed by atoms with Crippen LogP contribution >= 0.6 is 0 Å². The maximum Gasteiger partial charge on any atom is 0.228 e. The number of imidazole rings is 1. The number of ether oxygens (including phenoxy) is 2. The second-order valence-electron chi connectivity index (χ2n) is 12.5. The molecule has 0 spiro atoms. The number of anilines is 3. The van der Waals surface area contributed by atoms with Gasteiger partial charge < -0.3 is 24.3 Å². The van der Waals surface area contributed by atoms with Gasteiger partial charge in [0.2, 0.25) is 5.95 Å². The molecule has 1 saturated carbocycles. The Morgan fingerprint density at radius 3 is 2.35 bits per heavy atom. The number of aromatic nitrogens is 7. The topological polar surface area (TPSA) is 122 Å². The standard InChI is InChI=1S/C34H40N10O2/c1-23-35-33(41-40-23)25-4-7-27(8-5-25)36-31-21-29(38-34(39-31)43-14-18-46-19-15-43)26-6-9-28-30(20-26)44(22-24-2-3-24)32(37-28)10-11-42-12-16-45-17-13-42/h4-9,20-21,24H,2-3,10-19,22H2,1H3,(H,35,40,41)(H,36,38,39). The van der Waals surface area contributed by atoms with E-state index in [9.17, 15) is 0 Å². The van der Waals surface area contributed by atoms with Gasteiger partial charge in [0.25, 0.3) is 0 Å². The lowest BCUT2D eigenvalue weighted by Crippen LogP contribution is -2.37. The highest BCUT2D eigenvalue weighted by atomic mass is 16.5. The number of nitrogens with zero attached hydrogens (tertiary/aromatic N) is 8. The minimum absolute atomic E-state index is 0.665. The number of hydrogen-bond acceptors (Lipinski definition) is 10. The molecular formula is C34H40N10O2. The molecule has 2 saturated heterocycles. The van der Waals surface area contributed by atoms with Gasteiger partial charge in [0.15, 0.2) is 5.82 Å². The number of aromatic amines is 1. The second-order valence-corrected chi connectivity index (χ2v) is 12.5. The van der Waals surface area contributed by atoms with Crippen LogP contribution in [0.15, 0.2) is 48.5 Å². The van der Waals surface area contributed by atoms with Crippen LogP contribution in [0, 0.1) is 12.8 Å². The number of morpholine rings is 2. The summed E-state index contributed by atoms with van der Waals surface area (Å²) in [7, 11) is 0. The summed E-state index contributed by atoms with van der Waals surface area (Å²) in [4.78, 5) is 24.3. The number of H-pyrrole nitrogens is 1. The monoisotopic (exact) mass is 620 g/mol. The zero-order chi connectivity index (χ0) is 30.9. The van der Waals surface area contributed by atoms with E-state index in [-0.39, 0.29) is 0 Å². The van der Waals surface area contributed by atoms with Crippen LogP contribution in [-0.2, 0) is 22.4 Å². The lowest BCUT2D eigenvalue weighted by atomic mass is 10.1. The Morgan fingerprint density at radius 2 is 1.61 bits per heavy atom. The molecule has 2 N–H and O–H groups in total. The van der Waals surface area contributed by atoms with Crippen molar-refractivity contribution in [2.45, 2.75) is 32.7 Å². The molecule has 1 aliphatic carbocycles. The molecule has 12 heteroatoms. The Kier molecular flexibility index (Phi) is 8.07. The van der Waals surface area contributed by atoms with Crippen molar-refractivity contribution in [3.63, 3.8) is 0 Å². The molecule has 0 bridgehead atoms. The van der Waals surface area contributed by atoms with E-state index in [4.69, 9.17) is 24.4 Å². The predicted molar refractivity (Wildman–Crippen MR) is 177 cm³/mol. The molecule has 238 valence electrons. The van der Waals surface area contributed by atoms with Crippen molar-refractivity contribution >= 4 is 28.5 Å². The van der Waals surface area contributed by atoms with E-state index in [1.807, 2.05) is 37.3 Å². The molecule has 2 aromatic carbocycles. The van der Waals surface area contributed by atoms with Crippen LogP contribution in [0.3, 0.4) is 0 Å². The van der Waals surface area contributed by atoms with Crippen molar-refractivity contribution in [3.8, 4) is 22.6 Å². The molecule has 0 amide bonds. The Labute approximate surface area is 268 Å². The molecule has 0 unspecified atom stereocenters. The Hall–Kier alpha value is -4.39. The van der Waals surface area contributed by atoms with Crippen LogP contribution < -0.4 is 10.2 Å². The second kappa shape index (κ2) is 12.8. The Morgan fingerprint density at radius 1 is 0.848 bits per heavy atom. The van der Waals surface area contributed by atoms with Crippen molar-refractivity contribution < 1.29 is 9.47 Å². The third-order valence-electron chi connectivity index (χ3n) is 9.04. The number of nitrogens with one attached hydrogen (secondary N) is 2. The fourth-order valence-electron chi connectivity index (χ4n) is 6.24. The summed E-state index contributed by atoms with van der Waals surface area (Å²) in [6.45, 7) is 10.4. The maximum atomic E-state index is 5.63. The van der Waals surface area contributed by atoms with E-state index in [2.05, 4.69) is 53.1 Å². The number of aryl methyl sites for hydroxylation is 1. The van der Waals surface area contributed by atoms with E-state index >= 15 is 0 Å². The summed E-state index contributed by atoms with van der Waals surface area (Å²) in [5, 5.41) is 10.7.